The van der Waals surface area contributed by atoms with E-state index >= 15 is 0 Å². The Morgan fingerprint density at radius 2 is 1.89 bits per heavy atom. The molecule has 2 aromatic heterocycles. The summed E-state index contributed by atoms with van der Waals surface area (Å²) in [4.78, 5) is 18.0. The zero-order valence-electron chi connectivity index (χ0n) is 16.1. The summed E-state index contributed by atoms with van der Waals surface area (Å²) < 4.78 is 16.4. The molecule has 0 saturated heterocycles. The smallest absolute Gasteiger partial charge is 0.254 e. The monoisotopic (exact) mass is 362 g/mol. The fourth-order valence-corrected chi connectivity index (χ4v) is 5.05. The highest BCUT2D eigenvalue weighted by molar-refractivity contribution is 5.92. The van der Waals surface area contributed by atoms with Gasteiger partial charge in [-0.05, 0) is 67.3 Å². The molecule has 27 heavy (non-hydrogen) atoms. The van der Waals surface area contributed by atoms with Crippen LogP contribution >= 0.6 is 0 Å². The maximum Gasteiger partial charge on any atom is 0.254 e. The van der Waals surface area contributed by atoms with Gasteiger partial charge in [0.1, 0.15) is 5.82 Å². The first-order valence-electron chi connectivity index (χ1n) is 9.94. The van der Waals surface area contributed by atoms with Crippen LogP contribution in [0.5, 0.6) is 0 Å². The van der Waals surface area contributed by atoms with Crippen molar-refractivity contribution in [1.29, 1.82) is 0 Å². The van der Waals surface area contributed by atoms with Crippen molar-refractivity contribution in [2.75, 3.05) is 0 Å². The van der Waals surface area contributed by atoms with Gasteiger partial charge in [0.05, 0.1) is 23.4 Å². The molecule has 3 aromatic rings. The Balaban J connectivity index is 1.88. The van der Waals surface area contributed by atoms with Crippen LogP contribution in [0.3, 0.4) is 0 Å². The predicted octanol–water partition coefficient (Wildman–Crippen LogP) is 4.49. The number of pyridine rings is 2. The summed E-state index contributed by atoms with van der Waals surface area (Å²) in [5, 5.41) is 1.13. The quantitative estimate of drug-likeness (QED) is 0.527. The molecule has 3 nitrogen and oxygen atoms in total. The molecule has 0 spiro atoms. The van der Waals surface area contributed by atoms with Crippen molar-refractivity contribution >= 4 is 10.9 Å². The average molecular weight is 362 g/mol. The van der Waals surface area contributed by atoms with E-state index < -0.39 is 0 Å². The largest absolute Gasteiger partial charge is 0.302 e. The lowest BCUT2D eigenvalue weighted by Crippen LogP contribution is -2.24. The van der Waals surface area contributed by atoms with Crippen molar-refractivity contribution in [2.24, 2.45) is 0 Å². The van der Waals surface area contributed by atoms with Gasteiger partial charge in [0, 0.05) is 22.6 Å². The number of halogens is 1. The van der Waals surface area contributed by atoms with Gasteiger partial charge in [-0.15, -0.1) is 0 Å². The normalized spacial score (nSPS) is 14.5. The van der Waals surface area contributed by atoms with Gasteiger partial charge >= 0.3 is 0 Å². The summed E-state index contributed by atoms with van der Waals surface area (Å²) >= 11 is 0. The van der Waals surface area contributed by atoms with Gasteiger partial charge < -0.3 is 4.57 Å². The Bertz CT molecular complexity index is 1190. The highest BCUT2D eigenvalue weighted by Gasteiger charge is 2.30. The van der Waals surface area contributed by atoms with E-state index in [2.05, 4.69) is 13.0 Å². The second-order valence-electron chi connectivity index (χ2n) is 7.76. The van der Waals surface area contributed by atoms with Crippen molar-refractivity contribution in [3.05, 3.63) is 61.7 Å². The first kappa shape index (κ1) is 16.7. The SMILES string of the molecule is CCc1cc2n(c(=O)c1CC)Cc1c-2nc2cc(F)c(C)c3c2c1CCC3. The molecule has 1 aromatic carbocycles. The molecule has 1 aliphatic carbocycles. The summed E-state index contributed by atoms with van der Waals surface area (Å²) in [6, 6.07) is 3.71. The lowest BCUT2D eigenvalue weighted by molar-refractivity contribution is 0.615. The molecule has 0 atom stereocenters. The minimum Gasteiger partial charge on any atom is -0.302 e. The van der Waals surface area contributed by atoms with Gasteiger partial charge in [-0.2, -0.15) is 0 Å². The number of nitrogens with zero attached hydrogens (tertiary/aromatic N) is 2. The molecule has 0 bridgehead atoms. The van der Waals surface area contributed by atoms with Crippen LogP contribution < -0.4 is 5.56 Å². The lowest BCUT2D eigenvalue weighted by Gasteiger charge is -2.21. The molecule has 2 aliphatic rings. The van der Waals surface area contributed by atoms with Gasteiger partial charge in [0.2, 0.25) is 0 Å². The van der Waals surface area contributed by atoms with E-state index in [-0.39, 0.29) is 11.4 Å². The van der Waals surface area contributed by atoms with Crippen LogP contribution in [0, 0.1) is 12.7 Å². The Morgan fingerprint density at radius 3 is 2.63 bits per heavy atom. The van der Waals surface area contributed by atoms with E-state index in [1.54, 1.807) is 6.07 Å². The number of fused-ring (bicyclic) bond motifs is 4. The van der Waals surface area contributed by atoms with Crippen molar-refractivity contribution < 1.29 is 4.39 Å². The summed E-state index contributed by atoms with van der Waals surface area (Å²) in [6.07, 6.45) is 4.48. The minimum atomic E-state index is -0.177. The molecule has 0 unspecified atom stereocenters. The van der Waals surface area contributed by atoms with E-state index in [9.17, 15) is 9.18 Å². The van der Waals surface area contributed by atoms with Crippen molar-refractivity contribution in [1.82, 2.24) is 9.55 Å². The second kappa shape index (κ2) is 5.75. The minimum absolute atomic E-state index is 0.111. The molecule has 5 rings (SSSR count). The number of aromatic nitrogens is 2. The fourth-order valence-electron chi connectivity index (χ4n) is 5.05. The topological polar surface area (TPSA) is 34.9 Å². The number of rotatable bonds is 2. The molecule has 138 valence electrons. The van der Waals surface area contributed by atoms with E-state index in [1.807, 2.05) is 18.4 Å². The predicted molar refractivity (Wildman–Crippen MR) is 106 cm³/mol. The number of benzene rings is 1. The Kier molecular flexibility index (Phi) is 3.55. The summed E-state index contributed by atoms with van der Waals surface area (Å²) in [5.41, 5.74) is 8.94. The molecule has 0 saturated carbocycles. The maximum atomic E-state index is 14.5. The van der Waals surface area contributed by atoms with Crippen LogP contribution in [-0.2, 0) is 32.2 Å². The fraction of sp³-hybridized carbons (Fsp3) is 0.391. The highest BCUT2D eigenvalue weighted by Crippen LogP contribution is 2.41. The van der Waals surface area contributed by atoms with Crippen molar-refractivity contribution in [3.8, 4) is 11.4 Å². The van der Waals surface area contributed by atoms with E-state index in [0.29, 0.717) is 6.54 Å². The van der Waals surface area contributed by atoms with Crippen LogP contribution in [0.4, 0.5) is 4.39 Å². The van der Waals surface area contributed by atoms with Gasteiger partial charge in [-0.1, -0.05) is 13.8 Å². The van der Waals surface area contributed by atoms with Crippen molar-refractivity contribution in [2.45, 2.75) is 59.4 Å². The van der Waals surface area contributed by atoms with Crippen LogP contribution in [0.25, 0.3) is 22.3 Å². The summed E-state index contributed by atoms with van der Waals surface area (Å²) in [6.45, 7) is 6.59. The lowest BCUT2D eigenvalue weighted by atomic mass is 9.85. The third kappa shape index (κ3) is 2.13. The molecule has 4 heteroatoms. The van der Waals surface area contributed by atoms with Crippen LogP contribution in [0.15, 0.2) is 16.9 Å². The van der Waals surface area contributed by atoms with Gasteiger partial charge in [0.15, 0.2) is 0 Å². The van der Waals surface area contributed by atoms with E-state index in [0.717, 1.165) is 76.6 Å². The standard InChI is InChI=1S/C23H23FN2O/c1-4-13-9-20-22-17(11-26(20)23(27)14(13)5-2)16-8-6-7-15-12(3)18(24)10-19(25-22)21(15)16/h9-10H,4-8,11H2,1-3H3. The van der Waals surface area contributed by atoms with Gasteiger partial charge in [0.25, 0.3) is 5.56 Å². The molecule has 0 fully saturated rings. The zero-order chi connectivity index (χ0) is 18.9. The second-order valence-corrected chi connectivity index (χ2v) is 7.76. The number of hydrogen-bond acceptors (Lipinski definition) is 2. The van der Waals surface area contributed by atoms with Crippen LogP contribution in [0.1, 0.15) is 53.6 Å². The maximum absolute atomic E-state index is 14.5. The molecular formula is C23H23FN2O. The number of aryl methyl sites for hydroxylation is 3. The summed E-state index contributed by atoms with van der Waals surface area (Å²) in [7, 11) is 0. The van der Waals surface area contributed by atoms with Crippen molar-refractivity contribution in [3.63, 3.8) is 0 Å². The average Bonchev–Trinajstić information content (AvgIpc) is 3.05. The van der Waals surface area contributed by atoms with Crippen LogP contribution in [-0.4, -0.2) is 9.55 Å². The molecule has 0 N–H and O–H groups in total. The molecule has 0 amide bonds. The number of hydrogen-bond donors (Lipinski definition) is 0. The van der Waals surface area contributed by atoms with Gasteiger partial charge in [-0.25, -0.2) is 9.37 Å². The Morgan fingerprint density at radius 1 is 1.11 bits per heavy atom. The third-order valence-corrected chi connectivity index (χ3v) is 6.46. The first-order valence-corrected chi connectivity index (χ1v) is 9.94. The summed E-state index contributed by atoms with van der Waals surface area (Å²) in [5.74, 6) is -0.177. The van der Waals surface area contributed by atoms with Gasteiger partial charge in [-0.3, -0.25) is 4.79 Å². The highest BCUT2D eigenvalue weighted by atomic mass is 19.1. The molecule has 0 radical (unpaired) electrons. The molecular weight excluding hydrogens is 339 g/mol. The molecule has 3 heterocycles. The zero-order valence-corrected chi connectivity index (χ0v) is 16.1. The Hall–Kier alpha value is -2.49. The van der Waals surface area contributed by atoms with E-state index in [4.69, 9.17) is 4.98 Å². The van der Waals surface area contributed by atoms with Crippen LogP contribution in [0.2, 0.25) is 0 Å². The first-order chi connectivity index (χ1) is 13.0. The third-order valence-electron chi connectivity index (χ3n) is 6.46. The Labute approximate surface area is 157 Å². The van der Waals surface area contributed by atoms with E-state index in [1.165, 1.54) is 11.1 Å². The molecule has 1 aliphatic heterocycles.